The van der Waals surface area contributed by atoms with E-state index >= 15 is 0 Å². The highest BCUT2D eigenvalue weighted by Crippen LogP contribution is 2.27. The second-order valence-electron chi connectivity index (χ2n) is 7.86. The number of halogens is 1. The van der Waals surface area contributed by atoms with Gasteiger partial charge in [0, 0.05) is 42.9 Å². The van der Waals surface area contributed by atoms with Crippen LogP contribution in [0.3, 0.4) is 0 Å². The molecule has 1 aromatic carbocycles. The summed E-state index contributed by atoms with van der Waals surface area (Å²) in [6.07, 6.45) is 6.61. The molecule has 5 rings (SSSR count). The lowest BCUT2D eigenvalue weighted by atomic mass is 10.2. The maximum absolute atomic E-state index is 14.1. The first-order chi connectivity index (χ1) is 14.6. The Balaban J connectivity index is 1.39. The van der Waals surface area contributed by atoms with Gasteiger partial charge in [-0.2, -0.15) is 0 Å². The quantitative estimate of drug-likeness (QED) is 0.591. The molecule has 1 aliphatic carbocycles. The highest BCUT2D eigenvalue weighted by Gasteiger charge is 2.27. The standard InChI is InChI=1S/C22H23FN4O2S/c23-16-6-4-5-7-17(16)25-10-12-26(13-11-25)20(28)15-14-24-22-27(21(15)29)18-8-2-1-3-9-19(18)30-22/h4-7,14H,1-3,8-13H2. The lowest BCUT2D eigenvalue weighted by molar-refractivity contribution is 0.0744. The SMILES string of the molecule is O=C(c1cnc2sc3c(n2c1=O)CCCCC3)N1CCN(c2ccccc2F)CC1. The molecule has 30 heavy (non-hydrogen) atoms. The zero-order valence-electron chi connectivity index (χ0n) is 16.6. The third-order valence-electron chi connectivity index (χ3n) is 6.04. The van der Waals surface area contributed by atoms with E-state index in [2.05, 4.69) is 4.98 Å². The third kappa shape index (κ3) is 3.29. The predicted octanol–water partition coefficient (Wildman–Crippen LogP) is 3.13. The minimum Gasteiger partial charge on any atom is -0.366 e. The number of fused-ring (bicyclic) bond motifs is 3. The molecule has 0 atom stereocenters. The maximum atomic E-state index is 14.1. The molecule has 6 nitrogen and oxygen atoms in total. The van der Waals surface area contributed by atoms with Crippen molar-refractivity contribution in [2.45, 2.75) is 32.1 Å². The lowest BCUT2D eigenvalue weighted by Gasteiger charge is -2.36. The van der Waals surface area contributed by atoms with Crippen LogP contribution in [0.15, 0.2) is 35.3 Å². The van der Waals surface area contributed by atoms with Gasteiger partial charge in [0.2, 0.25) is 0 Å². The number of nitrogens with zero attached hydrogens (tertiary/aromatic N) is 4. The number of hydrogen-bond acceptors (Lipinski definition) is 5. The van der Waals surface area contributed by atoms with Gasteiger partial charge in [0.05, 0.1) is 5.69 Å². The van der Waals surface area contributed by atoms with Crippen molar-refractivity contribution >= 4 is 27.9 Å². The first-order valence-corrected chi connectivity index (χ1v) is 11.3. The van der Waals surface area contributed by atoms with Gasteiger partial charge in [-0.3, -0.25) is 14.0 Å². The van der Waals surface area contributed by atoms with Crippen LogP contribution in [0.1, 0.15) is 40.2 Å². The number of para-hydroxylation sites is 1. The molecule has 2 aromatic heterocycles. The average molecular weight is 427 g/mol. The largest absolute Gasteiger partial charge is 0.366 e. The summed E-state index contributed by atoms with van der Waals surface area (Å²) in [5.41, 5.74) is 1.44. The van der Waals surface area contributed by atoms with E-state index < -0.39 is 0 Å². The second-order valence-corrected chi connectivity index (χ2v) is 8.92. The highest BCUT2D eigenvalue weighted by molar-refractivity contribution is 7.17. The Morgan fingerprint density at radius 3 is 2.60 bits per heavy atom. The molecular weight excluding hydrogens is 403 g/mol. The van der Waals surface area contributed by atoms with Crippen LogP contribution < -0.4 is 10.5 Å². The normalized spacial score (nSPS) is 17.1. The van der Waals surface area contributed by atoms with Gasteiger partial charge in [0.1, 0.15) is 11.4 Å². The summed E-state index contributed by atoms with van der Waals surface area (Å²) in [4.78, 5) is 36.3. The van der Waals surface area contributed by atoms with Crippen LogP contribution in [0.2, 0.25) is 0 Å². The molecule has 3 heterocycles. The number of benzene rings is 1. The second kappa shape index (κ2) is 7.83. The molecule has 3 aromatic rings. The minimum atomic E-state index is -0.288. The van der Waals surface area contributed by atoms with Gasteiger partial charge in [-0.25, -0.2) is 9.37 Å². The summed E-state index contributed by atoms with van der Waals surface area (Å²) in [6.45, 7) is 1.93. The molecule has 0 bridgehead atoms. The van der Waals surface area contributed by atoms with E-state index in [1.165, 1.54) is 17.1 Å². The summed E-state index contributed by atoms with van der Waals surface area (Å²) < 4.78 is 15.7. The van der Waals surface area contributed by atoms with Gasteiger partial charge >= 0.3 is 0 Å². The number of anilines is 1. The minimum absolute atomic E-state index is 0.122. The van der Waals surface area contributed by atoms with Crippen LogP contribution in [0.4, 0.5) is 10.1 Å². The summed E-state index contributed by atoms with van der Waals surface area (Å²) in [6, 6.07) is 6.67. The third-order valence-corrected chi connectivity index (χ3v) is 7.20. The molecule has 0 radical (unpaired) electrons. The maximum Gasteiger partial charge on any atom is 0.271 e. The monoisotopic (exact) mass is 426 g/mol. The van der Waals surface area contributed by atoms with Gasteiger partial charge in [-0.05, 0) is 37.8 Å². The van der Waals surface area contributed by atoms with E-state index in [1.54, 1.807) is 32.8 Å². The number of aromatic nitrogens is 2. The number of carbonyl (C=O) groups excluding carboxylic acids is 1. The van der Waals surface area contributed by atoms with Crippen molar-refractivity contribution < 1.29 is 9.18 Å². The summed E-state index contributed by atoms with van der Waals surface area (Å²) >= 11 is 1.57. The number of hydrogen-bond donors (Lipinski definition) is 0. The highest BCUT2D eigenvalue weighted by atomic mass is 32.1. The van der Waals surface area contributed by atoms with E-state index in [0.717, 1.165) is 37.8 Å². The van der Waals surface area contributed by atoms with E-state index in [0.29, 0.717) is 36.8 Å². The molecule has 0 unspecified atom stereocenters. The van der Waals surface area contributed by atoms with E-state index in [9.17, 15) is 14.0 Å². The average Bonchev–Trinajstić information content (AvgIpc) is 2.96. The zero-order valence-corrected chi connectivity index (χ0v) is 17.5. The number of carbonyl (C=O) groups is 1. The number of aryl methyl sites for hydroxylation is 2. The van der Waals surface area contributed by atoms with Gasteiger partial charge in [-0.15, -0.1) is 11.3 Å². The van der Waals surface area contributed by atoms with Gasteiger partial charge < -0.3 is 9.80 Å². The molecule has 1 aliphatic heterocycles. The van der Waals surface area contributed by atoms with E-state index in [1.807, 2.05) is 11.0 Å². The van der Waals surface area contributed by atoms with Gasteiger partial charge in [0.15, 0.2) is 4.96 Å². The zero-order chi connectivity index (χ0) is 20.7. The van der Waals surface area contributed by atoms with Gasteiger partial charge in [-0.1, -0.05) is 18.6 Å². The van der Waals surface area contributed by atoms with Crippen molar-refractivity contribution in [1.29, 1.82) is 0 Å². The van der Waals surface area contributed by atoms with Crippen LogP contribution in [-0.2, 0) is 12.8 Å². The fraction of sp³-hybridized carbons (Fsp3) is 0.409. The van der Waals surface area contributed by atoms with Crippen LogP contribution >= 0.6 is 11.3 Å². The smallest absolute Gasteiger partial charge is 0.271 e. The Labute approximate surface area is 177 Å². The Bertz CT molecular complexity index is 1160. The molecule has 0 saturated carbocycles. The summed E-state index contributed by atoms with van der Waals surface area (Å²) in [5.74, 6) is -0.549. The predicted molar refractivity (Wildman–Crippen MR) is 115 cm³/mol. The Kier molecular flexibility index (Phi) is 5.02. The van der Waals surface area contributed by atoms with Crippen molar-refractivity contribution in [2.75, 3.05) is 31.1 Å². The fourth-order valence-corrected chi connectivity index (χ4v) is 5.59. The van der Waals surface area contributed by atoms with Crippen molar-refractivity contribution in [3.8, 4) is 0 Å². The number of piperazine rings is 1. The van der Waals surface area contributed by atoms with E-state index in [4.69, 9.17) is 0 Å². The lowest BCUT2D eigenvalue weighted by Crippen LogP contribution is -2.50. The molecule has 1 saturated heterocycles. The first kappa shape index (κ1) is 19.2. The Morgan fingerprint density at radius 2 is 1.80 bits per heavy atom. The van der Waals surface area contributed by atoms with E-state index in [-0.39, 0.29) is 22.8 Å². The molecule has 8 heteroatoms. The van der Waals surface area contributed by atoms with Crippen molar-refractivity contribution in [2.24, 2.45) is 0 Å². The summed E-state index contributed by atoms with van der Waals surface area (Å²) in [7, 11) is 0. The van der Waals surface area contributed by atoms with Gasteiger partial charge in [0.25, 0.3) is 11.5 Å². The molecule has 156 valence electrons. The molecule has 2 aliphatic rings. The molecule has 0 spiro atoms. The number of rotatable bonds is 2. The topological polar surface area (TPSA) is 57.9 Å². The van der Waals surface area contributed by atoms with Crippen molar-refractivity contribution in [3.63, 3.8) is 0 Å². The first-order valence-electron chi connectivity index (χ1n) is 10.4. The Morgan fingerprint density at radius 1 is 1.03 bits per heavy atom. The molecule has 0 N–H and O–H groups in total. The van der Waals surface area contributed by atoms with Crippen LogP contribution in [0, 0.1) is 5.82 Å². The van der Waals surface area contributed by atoms with Crippen molar-refractivity contribution in [1.82, 2.24) is 14.3 Å². The summed E-state index contributed by atoms with van der Waals surface area (Å²) in [5, 5.41) is 0. The number of amides is 1. The van der Waals surface area contributed by atoms with Crippen molar-refractivity contribution in [3.05, 3.63) is 62.8 Å². The van der Waals surface area contributed by atoms with Crippen LogP contribution in [0.5, 0.6) is 0 Å². The molecule has 1 amide bonds. The molecular formula is C22H23FN4O2S. The fourth-order valence-electron chi connectivity index (χ4n) is 4.42. The number of thiazole rings is 1. The Hall–Kier alpha value is -2.74. The molecule has 1 fully saturated rings. The van der Waals surface area contributed by atoms with Crippen LogP contribution in [0.25, 0.3) is 4.96 Å². The van der Waals surface area contributed by atoms with Crippen LogP contribution in [-0.4, -0.2) is 46.4 Å².